The lowest BCUT2D eigenvalue weighted by atomic mass is 10.0. The van der Waals surface area contributed by atoms with Crippen LogP contribution >= 0.6 is 11.3 Å². The molecule has 0 spiro atoms. The van der Waals surface area contributed by atoms with Crippen LogP contribution in [0.5, 0.6) is 0 Å². The molecular formula is C27H39N3O4S2. The first kappa shape index (κ1) is 28.3. The van der Waals surface area contributed by atoms with Crippen LogP contribution in [-0.2, 0) is 21.4 Å². The average molecular weight is 534 g/mol. The molecule has 198 valence electrons. The molecule has 3 aromatic rings. The van der Waals surface area contributed by atoms with Gasteiger partial charge in [0.1, 0.15) is 11.6 Å². The van der Waals surface area contributed by atoms with E-state index >= 15 is 0 Å². The minimum Gasteiger partial charge on any atom is -0.464 e. The van der Waals surface area contributed by atoms with Gasteiger partial charge in [-0.25, -0.2) is 13.4 Å². The molecule has 0 bridgehead atoms. The fourth-order valence-electron chi connectivity index (χ4n) is 4.38. The van der Waals surface area contributed by atoms with Gasteiger partial charge < -0.3 is 9.32 Å². The van der Waals surface area contributed by atoms with Crippen molar-refractivity contribution in [2.24, 2.45) is 17.8 Å². The number of nitrogens with zero attached hydrogens (tertiary/aromatic N) is 3. The van der Waals surface area contributed by atoms with Gasteiger partial charge in [0.2, 0.25) is 15.9 Å². The highest BCUT2D eigenvalue weighted by Gasteiger charge is 2.39. The van der Waals surface area contributed by atoms with E-state index in [0.717, 1.165) is 5.01 Å². The molecule has 1 aromatic carbocycles. The van der Waals surface area contributed by atoms with E-state index in [1.807, 2.05) is 31.1 Å². The SMILES string of the molecule is Cc1nc(CN([C@@H](CC(C)C)C(=O)N(CC(C)C)CC(C)C)S(=O)(=O)c2ccc3occc3c2)cs1. The number of fused-ring (bicyclic) bond motifs is 1. The van der Waals surface area contributed by atoms with E-state index in [-0.39, 0.29) is 35.1 Å². The third kappa shape index (κ3) is 6.95. The number of rotatable bonds is 12. The fraction of sp³-hybridized carbons (Fsp3) is 0.556. The number of furan rings is 1. The Morgan fingerprint density at radius 2 is 1.69 bits per heavy atom. The summed E-state index contributed by atoms with van der Waals surface area (Å²) in [5, 5.41) is 3.43. The van der Waals surface area contributed by atoms with E-state index < -0.39 is 16.1 Å². The number of aryl methyl sites for hydroxylation is 1. The first-order chi connectivity index (χ1) is 16.9. The van der Waals surface area contributed by atoms with Crippen LogP contribution in [-0.4, -0.2) is 47.6 Å². The third-order valence-electron chi connectivity index (χ3n) is 5.82. The quantitative estimate of drug-likeness (QED) is 0.288. The largest absolute Gasteiger partial charge is 0.464 e. The molecule has 36 heavy (non-hydrogen) atoms. The number of hydrogen-bond acceptors (Lipinski definition) is 6. The zero-order valence-corrected chi connectivity index (χ0v) is 24.0. The average Bonchev–Trinajstić information content (AvgIpc) is 3.42. The predicted molar refractivity (Wildman–Crippen MR) is 145 cm³/mol. The summed E-state index contributed by atoms with van der Waals surface area (Å²) in [7, 11) is -4.03. The summed E-state index contributed by atoms with van der Waals surface area (Å²) in [6.45, 7) is 15.4. The van der Waals surface area contributed by atoms with Crippen molar-refractivity contribution >= 4 is 38.2 Å². The van der Waals surface area contributed by atoms with Gasteiger partial charge in [0.05, 0.1) is 28.4 Å². The molecule has 0 N–H and O–H groups in total. The number of amides is 1. The Balaban J connectivity index is 2.12. The first-order valence-corrected chi connectivity index (χ1v) is 14.9. The molecule has 2 heterocycles. The molecule has 0 saturated heterocycles. The van der Waals surface area contributed by atoms with Crippen molar-refractivity contribution in [1.29, 1.82) is 0 Å². The maximum Gasteiger partial charge on any atom is 0.244 e. The van der Waals surface area contributed by atoms with Crippen molar-refractivity contribution in [2.45, 2.75) is 72.4 Å². The monoisotopic (exact) mass is 533 g/mol. The molecule has 3 rings (SSSR count). The Bertz CT molecular complexity index is 1250. The summed E-state index contributed by atoms with van der Waals surface area (Å²) < 4.78 is 35.2. The van der Waals surface area contributed by atoms with Crippen molar-refractivity contribution in [3.05, 3.63) is 46.6 Å². The summed E-state index contributed by atoms with van der Waals surface area (Å²) in [4.78, 5) is 20.6. The number of carbonyl (C=O) groups is 1. The molecule has 0 fully saturated rings. The minimum atomic E-state index is -4.03. The molecule has 0 aliphatic carbocycles. The van der Waals surface area contributed by atoms with Gasteiger partial charge in [-0.2, -0.15) is 4.31 Å². The normalized spacial score (nSPS) is 13.4. The molecule has 1 atom stereocenters. The Kier molecular flexibility index (Phi) is 9.35. The maximum absolute atomic E-state index is 14.2. The smallest absolute Gasteiger partial charge is 0.244 e. The minimum absolute atomic E-state index is 0.0381. The van der Waals surface area contributed by atoms with Crippen LogP contribution in [0.25, 0.3) is 11.0 Å². The Morgan fingerprint density at radius 3 is 2.25 bits per heavy atom. The number of hydrogen-bond donors (Lipinski definition) is 0. The zero-order valence-electron chi connectivity index (χ0n) is 22.4. The summed E-state index contributed by atoms with van der Waals surface area (Å²) >= 11 is 1.47. The molecule has 0 radical (unpaired) electrons. The van der Waals surface area contributed by atoms with Crippen molar-refractivity contribution in [2.75, 3.05) is 13.1 Å². The van der Waals surface area contributed by atoms with Crippen molar-refractivity contribution < 1.29 is 17.6 Å². The standard InChI is InChI=1S/C27H39N3O4S2/c1-18(2)12-25(27(31)29(14-19(3)4)15-20(5)6)30(16-23-17-35-21(7)28-23)36(32,33)24-8-9-26-22(13-24)10-11-34-26/h8-11,13,17-20,25H,12,14-16H2,1-7H3/t25-/m0/s1. The Labute approximate surface area is 219 Å². The van der Waals surface area contributed by atoms with Crippen LogP contribution in [0.1, 0.15) is 58.7 Å². The molecule has 7 nitrogen and oxygen atoms in total. The van der Waals surface area contributed by atoms with Gasteiger partial charge in [0, 0.05) is 23.9 Å². The lowest BCUT2D eigenvalue weighted by Crippen LogP contribution is -2.52. The van der Waals surface area contributed by atoms with Gasteiger partial charge in [-0.3, -0.25) is 4.79 Å². The molecule has 0 unspecified atom stereocenters. The lowest BCUT2D eigenvalue weighted by Gasteiger charge is -2.36. The molecule has 0 aliphatic rings. The van der Waals surface area contributed by atoms with Crippen LogP contribution in [0.15, 0.2) is 45.2 Å². The van der Waals surface area contributed by atoms with Crippen LogP contribution in [0, 0.1) is 24.7 Å². The van der Waals surface area contributed by atoms with Gasteiger partial charge in [-0.1, -0.05) is 41.5 Å². The Hall–Kier alpha value is -2.23. The number of aromatic nitrogens is 1. The molecule has 9 heteroatoms. The van der Waals surface area contributed by atoms with Crippen molar-refractivity contribution in [1.82, 2.24) is 14.2 Å². The topological polar surface area (TPSA) is 83.7 Å². The first-order valence-electron chi connectivity index (χ1n) is 12.6. The summed E-state index contributed by atoms with van der Waals surface area (Å²) in [6.07, 6.45) is 1.96. The highest BCUT2D eigenvalue weighted by molar-refractivity contribution is 7.89. The molecule has 1 amide bonds. The van der Waals surface area contributed by atoms with E-state index in [4.69, 9.17) is 4.42 Å². The van der Waals surface area contributed by atoms with E-state index in [2.05, 4.69) is 32.7 Å². The van der Waals surface area contributed by atoms with Crippen LogP contribution in [0.4, 0.5) is 0 Å². The van der Waals surface area contributed by atoms with Gasteiger partial charge in [0.15, 0.2) is 0 Å². The van der Waals surface area contributed by atoms with E-state index in [1.54, 1.807) is 24.3 Å². The molecule has 2 aromatic heterocycles. The maximum atomic E-state index is 14.2. The van der Waals surface area contributed by atoms with Crippen LogP contribution < -0.4 is 0 Å². The number of benzene rings is 1. The van der Waals surface area contributed by atoms with Crippen molar-refractivity contribution in [3.8, 4) is 0 Å². The highest BCUT2D eigenvalue weighted by Crippen LogP contribution is 2.29. The van der Waals surface area contributed by atoms with Crippen molar-refractivity contribution in [3.63, 3.8) is 0 Å². The number of thiazole rings is 1. The second-order valence-corrected chi connectivity index (χ2v) is 13.7. The van der Waals surface area contributed by atoms with Gasteiger partial charge in [0.25, 0.3) is 0 Å². The highest BCUT2D eigenvalue weighted by atomic mass is 32.2. The van der Waals surface area contributed by atoms with E-state index in [9.17, 15) is 13.2 Å². The van der Waals surface area contributed by atoms with Gasteiger partial charge >= 0.3 is 0 Å². The summed E-state index contributed by atoms with van der Waals surface area (Å²) in [5.74, 6) is 0.500. The molecular weight excluding hydrogens is 494 g/mol. The van der Waals surface area contributed by atoms with Crippen LogP contribution in [0.3, 0.4) is 0 Å². The van der Waals surface area contributed by atoms with E-state index in [0.29, 0.717) is 36.2 Å². The second-order valence-electron chi connectivity index (χ2n) is 10.7. The number of carbonyl (C=O) groups excluding carboxylic acids is 1. The third-order valence-corrected chi connectivity index (χ3v) is 8.50. The summed E-state index contributed by atoms with van der Waals surface area (Å²) in [6, 6.07) is 5.74. The Morgan fingerprint density at radius 1 is 1.03 bits per heavy atom. The predicted octanol–water partition coefficient (Wildman–Crippen LogP) is 5.94. The molecule has 0 saturated carbocycles. The lowest BCUT2D eigenvalue weighted by molar-refractivity contribution is -0.137. The molecule has 0 aliphatic heterocycles. The summed E-state index contributed by atoms with van der Waals surface area (Å²) in [5.41, 5.74) is 1.26. The second kappa shape index (κ2) is 11.9. The van der Waals surface area contributed by atoms with Gasteiger partial charge in [-0.15, -0.1) is 11.3 Å². The fourth-order valence-corrected chi connectivity index (χ4v) is 6.58. The van der Waals surface area contributed by atoms with E-state index in [1.165, 1.54) is 21.9 Å². The number of sulfonamides is 1. The van der Waals surface area contributed by atoms with Crippen LogP contribution in [0.2, 0.25) is 0 Å². The zero-order chi connectivity index (χ0) is 26.6. The van der Waals surface area contributed by atoms with Gasteiger partial charge in [-0.05, 0) is 55.4 Å².